The minimum atomic E-state index is 0. The van der Waals surface area contributed by atoms with E-state index >= 15 is 0 Å². The molecule has 0 radical (unpaired) electrons. The van der Waals surface area contributed by atoms with E-state index in [1.807, 2.05) is 0 Å². The molecule has 1 rings (SSSR count). The number of Topliss-reactive ketones (excluding diaryl/α,β-unsaturated/α-hetero) is 1. The zero-order chi connectivity index (χ0) is 8.81. The van der Waals surface area contributed by atoms with Crippen LogP contribution in [0.15, 0.2) is 0 Å². The number of carbonyl (C=O) groups is 1. The van der Waals surface area contributed by atoms with Crippen molar-refractivity contribution in [1.29, 1.82) is 0 Å². The number of likely N-dealkylation sites (tertiary alicyclic amines) is 1. The summed E-state index contributed by atoms with van der Waals surface area (Å²) in [5.74, 6) is 0.320. The maximum absolute atomic E-state index is 11.0. The standard InChI is InChI=1S/C9H16BrNO.BrH/c10-8-9(12)4-7-11-5-2-1-3-6-11;/h1-8H2;1H. The molecule has 0 aromatic heterocycles. The first-order chi connectivity index (χ1) is 5.83. The number of carbonyl (C=O) groups excluding carboxylic acids is 1. The van der Waals surface area contributed by atoms with E-state index in [0.29, 0.717) is 17.5 Å². The fourth-order valence-corrected chi connectivity index (χ4v) is 1.81. The summed E-state index contributed by atoms with van der Waals surface area (Å²) in [6.45, 7) is 3.34. The Kier molecular flexibility index (Phi) is 8.31. The summed E-state index contributed by atoms with van der Waals surface area (Å²) in [6, 6.07) is 0. The van der Waals surface area contributed by atoms with Gasteiger partial charge in [-0.15, -0.1) is 17.0 Å². The van der Waals surface area contributed by atoms with Crippen LogP contribution in [0.3, 0.4) is 0 Å². The lowest BCUT2D eigenvalue weighted by Crippen LogP contribution is -2.31. The molecule has 1 saturated heterocycles. The van der Waals surface area contributed by atoms with Crippen LogP contribution in [0.1, 0.15) is 25.7 Å². The average molecular weight is 315 g/mol. The molecule has 0 unspecified atom stereocenters. The molecule has 78 valence electrons. The molecule has 0 aromatic carbocycles. The normalized spacial score (nSPS) is 17.9. The molecule has 0 aromatic rings. The van der Waals surface area contributed by atoms with Gasteiger partial charge in [0, 0.05) is 13.0 Å². The van der Waals surface area contributed by atoms with Crippen molar-refractivity contribution in [3.05, 3.63) is 0 Å². The van der Waals surface area contributed by atoms with E-state index in [-0.39, 0.29) is 17.0 Å². The first kappa shape index (κ1) is 13.6. The molecule has 0 saturated carbocycles. The molecule has 4 heteroatoms. The number of halogens is 2. The highest BCUT2D eigenvalue weighted by molar-refractivity contribution is 9.09. The predicted molar refractivity (Wildman–Crippen MR) is 64.0 cm³/mol. The van der Waals surface area contributed by atoms with Gasteiger partial charge in [0.15, 0.2) is 0 Å². The zero-order valence-electron chi connectivity index (χ0n) is 7.80. The molecule has 13 heavy (non-hydrogen) atoms. The van der Waals surface area contributed by atoms with Crippen LogP contribution in [0.4, 0.5) is 0 Å². The highest BCUT2D eigenvalue weighted by atomic mass is 79.9. The van der Waals surface area contributed by atoms with Gasteiger partial charge >= 0.3 is 0 Å². The summed E-state index contributed by atoms with van der Waals surface area (Å²) in [7, 11) is 0. The van der Waals surface area contributed by atoms with Gasteiger partial charge in [0.05, 0.1) is 5.33 Å². The van der Waals surface area contributed by atoms with E-state index in [2.05, 4.69) is 20.8 Å². The summed E-state index contributed by atoms with van der Waals surface area (Å²) in [4.78, 5) is 13.4. The lowest BCUT2D eigenvalue weighted by molar-refractivity contribution is -0.116. The van der Waals surface area contributed by atoms with Gasteiger partial charge in [-0.25, -0.2) is 0 Å². The Morgan fingerprint density at radius 1 is 1.23 bits per heavy atom. The van der Waals surface area contributed by atoms with Crippen LogP contribution in [-0.4, -0.2) is 35.6 Å². The number of alkyl halides is 1. The van der Waals surface area contributed by atoms with Gasteiger partial charge in [-0.05, 0) is 25.9 Å². The second-order valence-electron chi connectivity index (χ2n) is 3.32. The number of ketones is 1. The summed E-state index contributed by atoms with van der Waals surface area (Å²) in [5.41, 5.74) is 0. The van der Waals surface area contributed by atoms with E-state index in [4.69, 9.17) is 0 Å². The van der Waals surface area contributed by atoms with Crippen molar-refractivity contribution >= 4 is 38.7 Å². The van der Waals surface area contributed by atoms with Gasteiger partial charge in [-0.1, -0.05) is 22.4 Å². The number of nitrogens with zero attached hydrogens (tertiary/aromatic N) is 1. The van der Waals surface area contributed by atoms with Gasteiger partial charge < -0.3 is 4.90 Å². The van der Waals surface area contributed by atoms with Gasteiger partial charge in [-0.2, -0.15) is 0 Å². The van der Waals surface area contributed by atoms with Crippen molar-refractivity contribution in [1.82, 2.24) is 4.90 Å². The molecule has 0 atom stereocenters. The minimum Gasteiger partial charge on any atom is -0.303 e. The molecule has 1 heterocycles. The molecule has 0 N–H and O–H groups in total. The minimum absolute atomic E-state index is 0. The van der Waals surface area contributed by atoms with Crippen molar-refractivity contribution in [2.75, 3.05) is 25.0 Å². The summed E-state index contributed by atoms with van der Waals surface area (Å²) in [6.07, 6.45) is 4.69. The van der Waals surface area contributed by atoms with Gasteiger partial charge in [0.25, 0.3) is 0 Å². The fourth-order valence-electron chi connectivity index (χ4n) is 1.53. The number of hydrogen-bond donors (Lipinski definition) is 0. The second-order valence-corrected chi connectivity index (χ2v) is 3.89. The Morgan fingerprint density at radius 2 is 1.85 bits per heavy atom. The number of hydrogen-bond acceptors (Lipinski definition) is 2. The molecule has 1 aliphatic rings. The third kappa shape index (κ3) is 5.81. The van der Waals surface area contributed by atoms with E-state index in [1.54, 1.807) is 0 Å². The Labute approximate surface area is 99.0 Å². The molecule has 0 amide bonds. The van der Waals surface area contributed by atoms with Crippen LogP contribution >= 0.6 is 32.9 Å². The second kappa shape index (κ2) is 7.94. The molecule has 1 fully saturated rings. The van der Waals surface area contributed by atoms with Gasteiger partial charge in [-0.3, -0.25) is 4.79 Å². The van der Waals surface area contributed by atoms with E-state index in [0.717, 1.165) is 6.54 Å². The van der Waals surface area contributed by atoms with Crippen LogP contribution in [-0.2, 0) is 4.79 Å². The van der Waals surface area contributed by atoms with Gasteiger partial charge in [0.2, 0.25) is 0 Å². The molecule has 2 nitrogen and oxygen atoms in total. The lowest BCUT2D eigenvalue weighted by Gasteiger charge is -2.25. The average Bonchev–Trinajstić information content (AvgIpc) is 2.16. The van der Waals surface area contributed by atoms with E-state index in [9.17, 15) is 4.79 Å². The van der Waals surface area contributed by atoms with Crippen LogP contribution in [0.25, 0.3) is 0 Å². The van der Waals surface area contributed by atoms with Crippen molar-refractivity contribution in [3.8, 4) is 0 Å². The van der Waals surface area contributed by atoms with Gasteiger partial charge in [0.1, 0.15) is 5.78 Å². The monoisotopic (exact) mass is 313 g/mol. The zero-order valence-corrected chi connectivity index (χ0v) is 11.1. The predicted octanol–water partition coefficient (Wildman–Crippen LogP) is 2.40. The number of rotatable bonds is 4. The first-order valence-electron chi connectivity index (χ1n) is 4.63. The molecule has 0 bridgehead atoms. The van der Waals surface area contributed by atoms with E-state index in [1.165, 1.54) is 32.4 Å². The third-order valence-electron chi connectivity index (χ3n) is 2.30. The number of piperidine rings is 1. The SMILES string of the molecule is Br.O=C(CBr)CCN1CCCCC1. The quantitative estimate of drug-likeness (QED) is 0.743. The highest BCUT2D eigenvalue weighted by Crippen LogP contribution is 2.08. The van der Waals surface area contributed by atoms with Crippen molar-refractivity contribution in [3.63, 3.8) is 0 Å². The summed E-state index contributed by atoms with van der Waals surface area (Å²) in [5, 5.41) is 0.515. The topological polar surface area (TPSA) is 20.3 Å². The largest absolute Gasteiger partial charge is 0.303 e. The Balaban J connectivity index is 0.00000144. The van der Waals surface area contributed by atoms with Crippen LogP contribution in [0.5, 0.6) is 0 Å². The Hall–Kier alpha value is 0.590. The molecule has 1 aliphatic heterocycles. The van der Waals surface area contributed by atoms with Crippen molar-refractivity contribution in [2.45, 2.75) is 25.7 Å². The highest BCUT2D eigenvalue weighted by Gasteiger charge is 2.10. The molecular weight excluding hydrogens is 298 g/mol. The molecule has 0 spiro atoms. The van der Waals surface area contributed by atoms with Crippen molar-refractivity contribution < 1.29 is 4.79 Å². The van der Waals surface area contributed by atoms with Crippen LogP contribution in [0.2, 0.25) is 0 Å². The van der Waals surface area contributed by atoms with Crippen LogP contribution in [0, 0.1) is 0 Å². The van der Waals surface area contributed by atoms with E-state index < -0.39 is 0 Å². The third-order valence-corrected chi connectivity index (χ3v) is 2.93. The lowest BCUT2D eigenvalue weighted by atomic mass is 10.1. The summed E-state index contributed by atoms with van der Waals surface area (Å²) >= 11 is 3.17. The Bertz CT molecular complexity index is 147. The first-order valence-corrected chi connectivity index (χ1v) is 5.75. The molecular formula is C9H17Br2NO. The maximum Gasteiger partial charge on any atom is 0.144 e. The molecule has 0 aliphatic carbocycles. The van der Waals surface area contributed by atoms with Crippen LogP contribution < -0.4 is 0 Å². The van der Waals surface area contributed by atoms with Crippen molar-refractivity contribution in [2.24, 2.45) is 0 Å². The fraction of sp³-hybridized carbons (Fsp3) is 0.889. The smallest absolute Gasteiger partial charge is 0.144 e. The summed E-state index contributed by atoms with van der Waals surface area (Å²) < 4.78 is 0. The Morgan fingerprint density at radius 3 is 2.38 bits per heavy atom. The maximum atomic E-state index is 11.0.